The topological polar surface area (TPSA) is 94.5 Å². The second-order valence-electron chi connectivity index (χ2n) is 11.0. The first kappa shape index (κ1) is 28.8. The van der Waals surface area contributed by atoms with E-state index in [4.69, 9.17) is 4.99 Å². The van der Waals surface area contributed by atoms with Crippen LogP contribution < -0.4 is 10.6 Å². The minimum absolute atomic E-state index is 0.0635. The van der Waals surface area contributed by atoms with Gasteiger partial charge in [0.15, 0.2) is 5.13 Å². The van der Waals surface area contributed by atoms with Crippen molar-refractivity contribution in [3.63, 3.8) is 0 Å². The van der Waals surface area contributed by atoms with Crippen molar-refractivity contribution in [1.82, 2.24) is 14.8 Å². The van der Waals surface area contributed by atoms with Crippen molar-refractivity contribution in [3.8, 4) is 0 Å². The minimum Gasteiger partial charge on any atom is -0.316 e. The number of primary amides is 1. The maximum absolute atomic E-state index is 11.9. The summed E-state index contributed by atoms with van der Waals surface area (Å²) >= 11 is 1.60. The molecule has 8 nitrogen and oxygen atoms in total. The number of thiazole rings is 1. The molecular formula is C30H39N6O2S+. The van der Waals surface area contributed by atoms with Gasteiger partial charge in [-0.25, -0.2) is 20.1 Å². The zero-order valence-corrected chi connectivity index (χ0v) is 24.1. The van der Waals surface area contributed by atoms with E-state index in [-0.39, 0.29) is 17.2 Å². The Bertz CT molecular complexity index is 1300. The molecule has 39 heavy (non-hydrogen) atoms. The van der Waals surface area contributed by atoms with Gasteiger partial charge in [-0.05, 0) is 24.6 Å². The fourth-order valence-corrected chi connectivity index (χ4v) is 5.56. The number of allylic oxidation sites excluding steroid dienone is 1. The van der Waals surface area contributed by atoms with E-state index in [0.717, 1.165) is 78.3 Å². The lowest BCUT2D eigenvalue weighted by Crippen LogP contribution is -2.81. The summed E-state index contributed by atoms with van der Waals surface area (Å²) in [5.74, 6) is 0.688. The van der Waals surface area contributed by atoms with Crippen molar-refractivity contribution in [2.45, 2.75) is 27.7 Å². The van der Waals surface area contributed by atoms with E-state index in [1.165, 1.54) is 11.6 Å². The summed E-state index contributed by atoms with van der Waals surface area (Å²) in [5, 5.41) is 5.82. The van der Waals surface area contributed by atoms with Gasteiger partial charge in [0.25, 0.3) is 0 Å². The van der Waals surface area contributed by atoms with E-state index in [1.54, 1.807) is 16.7 Å². The van der Waals surface area contributed by atoms with E-state index in [9.17, 15) is 9.59 Å². The van der Waals surface area contributed by atoms with Crippen LogP contribution in [0, 0.1) is 18.3 Å². The average Bonchev–Trinajstić information content (AvgIpc) is 3.24. The molecule has 2 aliphatic heterocycles. The number of nitrogens with two attached hydrogens (primary N) is 1. The van der Waals surface area contributed by atoms with Crippen LogP contribution >= 0.6 is 11.3 Å². The van der Waals surface area contributed by atoms with E-state index >= 15 is 0 Å². The fourth-order valence-electron chi connectivity index (χ4n) is 4.89. The number of carbonyl (C=O) groups is 2. The zero-order valence-electron chi connectivity index (χ0n) is 23.3. The third kappa shape index (κ3) is 8.12. The van der Waals surface area contributed by atoms with Gasteiger partial charge in [0.1, 0.15) is 17.8 Å². The number of piperazine rings is 1. The van der Waals surface area contributed by atoms with Crippen molar-refractivity contribution < 1.29 is 14.9 Å². The standard InChI is InChI=1S/C30H38N6O2S/c1-6-27(38)32-25-9-7-8-24(16-25)28-21(2)14-23(15-26(33-28)34-29-31-17-22(3)39-29)18-35-10-12-36(13-11-35)19-30(4,5)20-37/h6-9,14-17,20-21H,1,10-13,18-19H2,2-5H3,(H,31,34)(H,32,38)/p+1/t21-/m0/s1. The van der Waals surface area contributed by atoms with Gasteiger partial charge in [0.2, 0.25) is 0 Å². The van der Waals surface area contributed by atoms with Crippen molar-refractivity contribution in [3.05, 3.63) is 77.1 Å². The summed E-state index contributed by atoms with van der Waals surface area (Å²) in [6, 6.07) is 7.90. The fraction of sp³-hybridized carbons (Fsp3) is 0.400. The van der Waals surface area contributed by atoms with Gasteiger partial charge in [-0.15, -0.1) is 11.3 Å². The van der Waals surface area contributed by atoms with Gasteiger partial charge in [0, 0.05) is 79.4 Å². The number of anilines is 1. The molecule has 1 amide bonds. The van der Waals surface area contributed by atoms with E-state index < -0.39 is 0 Å². The van der Waals surface area contributed by atoms with Crippen LogP contribution in [0.15, 0.2) is 71.7 Å². The maximum Gasteiger partial charge on any atom is 0.339 e. The number of carbonyl (C=O) groups excluding carboxylic acids is 2. The molecule has 0 radical (unpaired) electrons. The molecule has 0 spiro atoms. The van der Waals surface area contributed by atoms with Crippen LogP contribution in [0.1, 0.15) is 31.2 Å². The van der Waals surface area contributed by atoms with Crippen LogP contribution in [0.2, 0.25) is 0 Å². The van der Waals surface area contributed by atoms with Gasteiger partial charge in [-0.3, -0.25) is 9.80 Å². The molecule has 1 aromatic carbocycles. The Balaban J connectivity index is 1.55. The molecule has 0 saturated carbocycles. The van der Waals surface area contributed by atoms with Crippen molar-refractivity contribution in [1.29, 1.82) is 0 Å². The van der Waals surface area contributed by atoms with Gasteiger partial charge in [-0.2, -0.15) is 0 Å². The average molecular weight is 548 g/mol. The Morgan fingerprint density at radius 1 is 1.26 bits per heavy atom. The lowest BCUT2D eigenvalue weighted by molar-refractivity contribution is -0.478. The number of rotatable bonds is 10. The second kappa shape index (κ2) is 12.7. The number of hydrogen-bond acceptors (Lipinski definition) is 8. The number of aryl methyl sites for hydroxylation is 1. The third-order valence-electron chi connectivity index (χ3n) is 6.83. The molecule has 4 rings (SSSR count). The van der Waals surface area contributed by atoms with Gasteiger partial charge >= 0.3 is 5.91 Å². The Hall–Kier alpha value is -3.24. The lowest BCUT2D eigenvalue weighted by atomic mass is 9.94. The van der Waals surface area contributed by atoms with Crippen LogP contribution in [-0.2, 0) is 9.59 Å². The minimum atomic E-state index is -0.319. The molecule has 3 heterocycles. The summed E-state index contributed by atoms with van der Waals surface area (Å²) < 4.78 is 0. The van der Waals surface area contributed by atoms with Crippen molar-refractivity contribution >= 4 is 40.1 Å². The SMILES string of the molecule is C=CC(=O)[NH2+]c1cccc(C2=NC(Nc3ncc(C)s3)=CC(CN3CCN(CC(C)(C)C=O)CC3)=C[C@@H]2C)c1. The number of hydrogen-bond donors (Lipinski definition) is 2. The number of amides is 1. The number of quaternary nitrogens is 1. The number of aromatic nitrogens is 1. The number of aliphatic imine (C=N–C) groups is 1. The predicted octanol–water partition coefficient (Wildman–Crippen LogP) is 3.52. The molecule has 1 atom stereocenters. The summed E-state index contributed by atoms with van der Waals surface area (Å²) in [6.45, 7) is 17.2. The quantitative estimate of drug-likeness (QED) is 0.269. The molecule has 0 unspecified atom stereocenters. The highest BCUT2D eigenvalue weighted by Gasteiger charge is 2.25. The molecule has 206 valence electrons. The van der Waals surface area contributed by atoms with Crippen LogP contribution in [0.5, 0.6) is 0 Å². The van der Waals surface area contributed by atoms with Gasteiger partial charge in [0.05, 0.1) is 5.71 Å². The van der Waals surface area contributed by atoms with E-state index in [2.05, 4.69) is 45.8 Å². The summed E-state index contributed by atoms with van der Waals surface area (Å²) in [5.41, 5.74) is 3.61. The molecule has 2 aliphatic rings. The summed E-state index contributed by atoms with van der Waals surface area (Å²) in [4.78, 5) is 38.8. The maximum atomic E-state index is 11.9. The highest BCUT2D eigenvalue weighted by Crippen LogP contribution is 2.25. The number of nitrogens with zero attached hydrogens (tertiary/aromatic N) is 4. The highest BCUT2D eigenvalue weighted by atomic mass is 32.1. The van der Waals surface area contributed by atoms with Crippen molar-refractivity contribution in [2.75, 3.05) is 44.6 Å². The third-order valence-corrected chi connectivity index (χ3v) is 7.66. The zero-order chi connectivity index (χ0) is 28.0. The van der Waals surface area contributed by atoms with Crippen LogP contribution in [-0.4, -0.2) is 72.0 Å². The van der Waals surface area contributed by atoms with Crippen LogP contribution in [0.3, 0.4) is 0 Å². The first-order valence-electron chi connectivity index (χ1n) is 13.4. The molecular weight excluding hydrogens is 508 g/mol. The first-order chi connectivity index (χ1) is 18.6. The Morgan fingerprint density at radius 3 is 2.67 bits per heavy atom. The normalized spacial score (nSPS) is 19.0. The second-order valence-corrected chi connectivity index (χ2v) is 12.2. The van der Waals surface area contributed by atoms with E-state index in [1.807, 2.05) is 51.2 Å². The molecule has 0 aliphatic carbocycles. The van der Waals surface area contributed by atoms with Gasteiger partial charge in [-0.1, -0.05) is 45.6 Å². The monoisotopic (exact) mass is 547 g/mol. The molecule has 0 bridgehead atoms. The first-order valence-corrected chi connectivity index (χ1v) is 14.2. The lowest BCUT2D eigenvalue weighted by Gasteiger charge is -2.37. The molecule has 2 aromatic rings. The molecule has 3 N–H and O–H groups in total. The molecule has 1 fully saturated rings. The molecule has 9 heteroatoms. The largest absolute Gasteiger partial charge is 0.339 e. The Morgan fingerprint density at radius 2 is 2.00 bits per heavy atom. The smallest absolute Gasteiger partial charge is 0.316 e. The van der Waals surface area contributed by atoms with E-state index in [0.29, 0.717) is 0 Å². The van der Waals surface area contributed by atoms with Gasteiger partial charge < -0.3 is 10.1 Å². The number of aldehydes is 1. The summed E-state index contributed by atoms with van der Waals surface area (Å²) in [7, 11) is 0. The van der Waals surface area contributed by atoms with Crippen molar-refractivity contribution in [2.24, 2.45) is 16.3 Å². The Labute approximate surface area is 235 Å². The number of benzene rings is 1. The predicted molar refractivity (Wildman–Crippen MR) is 158 cm³/mol. The molecule has 1 aromatic heterocycles. The Kier molecular flexibility index (Phi) is 9.40. The summed E-state index contributed by atoms with van der Waals surface area (Å²) in [6.07, 6.45) is 8.64. The van der Waals surface area contributed by atoms with Crippen LogP contribution in [0.25, 0.3) is 0 Å². The highest BCUT2D eigenvalue weighted by molar-refractivity contribution is 7.15. The number of nitrogens with one attached hydrogen (secondary N) is 1. The molecule has 1 saturated heterocycles. The van der Waals surface area contributed by atoms with Crippen LogP contribution in [0.4, 0.5) is 10.8 Å².